The van der Waals surface area contributed by atoms with Gasteiger partial charge in [-0.3, -0.25) is 0 Å². The maximum absolute atomic E-state index is 13.7. The number of hydrogen-bond donors (Lipinski definition) is 1. The monoisotopic (exact) mass is 302 g/mol. The van der Waals surface area contributed by atoms with E-state index in [9.17, 15) is 9.18 Å². The molecule has 0 radical (unpaired) electrons. The zero-order chi connectivity index (χ0) is 15.9. The Morgan fingerprint density at radius 2 is 1.91 bits per heavy atom. The lowest BCUT2D eigenvalue weighted by Gasteiger charge is -2.04. The first-order chi connectivity index (χ1) is 10.6. The topological polar surface area (TPSA) is 63.1 Å². The van der Waals surface area contributed by atoms with Gasteiger partial charge in [-0.1, -0.05) is 32.3 Å². The van der Waals surface area contributed by atoms with E-state index in [1.54, 1.807) is 12.4 Å². The van der Waals surface area contributed by atoms with Gasteiger partial charge in [0.25, 0.3) is 0 Å². The van der Waals surface area contributed by atoms with E-state index in [1.807, 2.05) is 0 Å². The van der Waals surface area contributed by atoms with Gasteiger partial charge in [-0.2, -0.15) is 0 Å². The van der Waals surface area contributed by atoms with E-state index in [0.717, 1.165) is 24.5 Å². The van der Waals surface area contributed by atoms with Crippen LogP contribution < -0.4 is 0 Å². The van der Waals surface area contributed by atoms with Crippen LogP contribution in [0.3, 0.4) is 0 Å². The second-order valence-corrected chi connectivity index (χ2v) is 5.23. The molecule has 0 saturated carbocycles. The second-order valence-electron chi connectivity index (χ2n) is 5.23. The number of aromatic nitrogens is 2. The molecule has 1 heterocycles. The number of aromatic carboxylic acids is 1. The van der Waals surface area contributed by atoms with Crippen molar-refractivity contribution in [2.75, 3.05) is 0 Å². The molecule has 0 amide bonds. The predicted molar refractivity (Wildman–Crippen MR) is 82.2 cm³/mol. The van der Waals surface area contributed by atoms with Crippen LogP contribution in [0.5, 0.6) is 0 Å². The van der Waals surface area contributed by atoms with Gasteiger partial charge in [0.1, 0.15) is 5.82 Å². The first kappa shape index (κ1) is 16.1. The van der Waals surface area contributed by atoms with E-state index in [4.69, 9.17) is 5.11 Å². The number of carboxylic acid groups (broad SMARTS) is 1. The fourth-order valence-electron chi connectivity index (χ4n) is 2.22. The normalized spacial score (nSPS) is 10.6. The van der Waals surface area contributed by atoms with Crippen molar-refractivity contribution in [3.63, 3.8) is 0 Å². The van der Waals surface area contributed by atoms with Gasteiger partial charge in [-0.05, 0) is 30.5 Å². The predicted octanol–water partition coefficient (Wildman–Crippen LogP) is 4.10. The summed E-state index contributed by atoms with van der Waals surface area (Å²) in [5, 5.41) is 8.81. The average Bonchev–Trinajstić information content (AvgIpc) is 2.52. The number of hydrogen-bond acceptors (Lipinski definition) is 3. The van der Waals surface area contributed by atoms with Gasteiger partial charge >= 0.3 is 5.97 Å². The number of carbonyl (C=O) groups is 1. The van der Waals surface area contributed by atoms with Crippen molar-refractivity contribution in [1.29, 1.82) is 0 Å². The third-order valence-electron chi connectivity index (χ3n) is 3.48. The van der Waals surface area contributed by atoms with Crippen LogP contribution in [0, 0.1) is 5.82 Å². The molecule has 0 aliphatic rings. The Hall–Kier alpha value is -2.30. The summed E-state index contributed by atoms with van der Waals surface area (Å²) < 4.78 is 13.7. The molecule has 2 rings (SSSR count). The first-order valence-corrected chi connectivity index (χ1v) is 7.46. The minimum Gasteiger partial charge on any atom is -0.478 e. The Morgan fingerprint density at radius 1 is 1.18 bits per heavy atom. The van der Waals surface area contributed by atoms with Gasteiger partial charge in [-0.15, -0.1) is 0 Å². The fraction of sp³-hybridized carbons (Fsp3) is 0.353. The Labute approximate surface area is 129 Å². The summed E-state index contributed by atoms with van der Waals surface area (Å²) in [6.07, 6.45) is 9.17. The van der Waals surface area contributed by atoms with Crippen molar-refractivity contribution in [2.24, 2.45) is 0 Å². The number of rotatable bonds is 7. The molecule has 0 fully saturated rings. The third kappa shape index (κ3) is 4.10. The van der Waals surface area contributed by atoms with Crippen molar-refractivity contribution in [2.45, 2.75) is 39.0 Å². The zero-order valence-corrected chi connectivity index (χ0v) is 12.6. The molecule has 2 aromatic rings. The van der Waals surface area contributed by atoms with E-state index in [-0.39, 0.29) is 5.56 Å². The summed E-state index contributed by atoms with van der Waals surface area (Å²) in [6, 6.07) is 3.90. The summed E-state index contributed by atoms with van der Waals surface area (Å²) in [6.45, 7) is 2.17. The SMILES string of the molecule is CCCCCCc1cnc(-c2ccc(C(=O)O)c(F)c2)nc1. The van der Waals surface area contributed by atoms with Gasteiger partial charge in [0.05, 0.1) is 5.56 Å². The molecule has 5 heteroatoms. The Kier molecular flexibility index (Phi) is 5.58. The quantitative estimate of drug-likeness (QED) is 0.782. The molecule has 0 spiro atoms. The van der Waals surface area contributed by atoms with E-state index in [0.29, 0.717) is 11.4 Å². The molecule has 1 N–H and O–H groups in total. The Morgan fingerprint density at radius 3 is 2.50 bits per heavy atom. The molecule has 0 atom stereocenters. The average molecular weight is 302 g/mol. The number of halogens is 1. The highest BCUT2D eigenvalue weighted by Crippen LogP contribution is 2.19. The molecule has 0 aliphatic carbocycles. The maximum Gasteiger partial charge on any atom is 0.338 e. The Bertz CT molecular complexity index is 642. The number of unbranched alkanes of at least 4 members (excludes halogenated alkanes) is 3. The van der Waals surface area contributed by atoms with Crippen LogP contribution in [-0.4, -0.2) is 21.0 Å². The number of aryl methyl sites for hydroxylation is 1. The van der Waals surface area contributed by atoms with E-state index in [1.165, 1.54) is 31.4 Å². The molecule has 1 aromatic heterocycles. The number of benzene rings is 1. The van der Waals surface area contributed by atoms with Crippen molar-refractivity contribution in [3.8, 4) is 11.4 Å². The van der Waals surface area contributed by atoms with Crippen LogP contribution >= 0.6 is 0 Å². The molecule has 0 saturated heterocycles. The highest BCUT2D eigenvalue weighted by Gasteiger charge is 2.12. The zero-order valence-electron chi connectivity index (χ0n) is 12.6. The molecule has 0 bridgehead atoms. The van der Waals surface area contributed by atoms with Crippen LogP contribution in [0.1, 0.15) is 48.5 Å². The standard InChI is InChI=1S/C17H19FN2O2/c1-2-3-4-5-6-12-10-19-16(20-11-12)13-7-8-14(17(21)22)15(18)9-13/h7-11H,2-6H2,1H3,(H,21,22). The van der Waals surface area contributed by atoms with Gasteiger partial charge in [0.2, 0.25) is 0 Å². The molecular weight excluding hydrogens is 283 g/mol. The van der Waals surface area contributed by atoms with E-state index >= 15 is 0 Å². The Balaban J connectivity index is 2.07. The van der Waals surface area contributed by atoms with Crippen molar-refractivity contribution in [3.05, 3.63) is 47.5 Å². The van der Waals surface area contributed by atoms with Crippen molar-refractivity contribution < 1.29 is 14.3 Å². The van der Waals surface area contributed by atoms with Gasteiger partial charge < -0.3 is 5.11 Å². The minimum atomic E-state index is -1.28. The molecule has 0 unspecified atom stereocenters. The molecule has 0 aliphatic heterocycles. The summed E-state index contributed by atoms with van der Waals surface area (Å²) in [5.74, 6) is -1.67. The summed E-state index contributed by atoms with van der Waals surface area (Å²) in [5.41, 5.74) is 1.18. The largest absolute Gasteiger partial charge is 0.478 e. The van der Waals surface area contributed by atoms with Gasteiger partial charge in [0.15, 0.2) is 5.82 Å². The second kappa shape index (κ2) is 7.64. The van der Waals surface area contributed by atoms with Crippen LogP contribution in [-0.2, 0) is 6.42 Å². The molecule has 1 aromatic carbocycles. The lowest BCUT2D eigenvalue weighted by Crippen LogP contribution is -2.01. The van der Waals surface area contributed by atoms with Crippen LogP contribution in [0.15, 0.2) is 30.6 Å². The lowest BCUT2D eigenvalue weighted by atomic mass is 10.1. The van der Waals surface area contributed by atoms with Crippen LogP contribution in [0.4, 0.5) is 4.39 Å². The van der Waals surface area contributed by atoms with Crippen molar-refractivity contribution in [1.82, 2.24) is 9.97 Å². The third-order valence-corrected chi connectivity index (χ3v) is 3.48. The van der Waals surface area contributed by atoms with E-state index < -0.39 is 11.8 Å². The van der Waals surface area contributed by atoms with E-state index in [2.05, 4.69) is 16.9 Å². The van der Waals surface area contributed by atoms with Gasteiger partial charge in [0, 0.05) is 18.0 Å². The number of nitrogens with zero attached hydrogens (tertiary/aromatic N) is 2. The molecular formula is C17H19FN2O2. The smallest absolute Gasteiger partial charge is 0.338 e. The minimum absolute atomic E-state index is 0.351. The number of carboxylic acids is 1. The highest BCUT2D eigenvalue weighted by atomic mass is 19.1. The maximum atomic E-state index is 13.7. The molecule has 116 valence electrons. The molecule has 22 heavy (non-hydrogen) atoms. The van der Waals surface area contributed by atoms with Crippen LogP contribution in [0.25, 0.3) is 11.4 Å². The van der Waals surface area contributed by atoms with Crippen LogP contribution in [0.2, 0.25) is 0 Å². The van der Waals surface area contributed by atoms with Crippen molar-refractivity contribution >= 4 is 5.97 Å². The first-order valence-electron chi connectivity index (χ1n) is 7.46. The summed E-state index contributed by atoms with van der Waals surface area (Å²) in [4.78, 5) is 19.3. The van der Waals surface area contributed by atoms with Gasteiger partial charge in [-0.25, -0.2) is 19.2 Å². The fourth-order valence-corrected chi connectivity index (χ4v) is 2.22. The lowest BCUT2D eigenvalue weighted by molar-refractivity contribution is 0.0692. The summed E-state index contributed by atoms with van der Waals surface area (Å²) >= 11 is 0. The highest BCUT2D eigenvalue weighted by molar-refractivity contribution is 5.88. The molecule has 4 nitrogen and oxygen atoms in total. The summed E-state index contributed by atoms with van der Waals surface area (Å²) in [7, 11) is 0.